The Labute approximate surface area is 188 Å². The van der Waals surface area contributed by atoms with Crippen LogP contribution in [0.1, 0.15) is 47.8 Å². The number of hydrogen-bond acceptors (Lipinski definition) is 5. The highest BCUT2D eigenvalue weighted by molar-refractivity contribution is 5.89. The Morgan fingerprint density at radius 1 is 1.03 bits per heavy atom. The summed E-state index contributed by atoms with van der Waals surface area (Å²) in [5.41, 5.74) is 6.92. The average Bonchev–Trinajstić information content (AvgIpc) is 2.78. The highest BCUT2D eigenvalue weighted by Crippen LogP contribution is 2.29. The van der Waals surface area contributed by atoms with Gasteiger partial charge in [0.05, 0.1) is 24.6 Å². The summed E-state index contributed by atoms with van der Waals surface area (Å²) in [4.78, 5) is 11.1. The van der Waals surface area contributed by atoms with Gasteiger partial charge in [0.15, 0.2) is 11.5 Å². The van der Waals surface area contributed by atoms with Crippen molar-refractivity contribution in [3.63, 3.8) is 0 Å². The summed E-state index contributed by atoms with van der Waals surface area (Å²) >= 11 is 0. The van der Waals surface area contributed by atoms with Gasteiger partial charge in [-0.15, -0.1) is 0 Å². The number of nitrogens with one attached hydrogen (secondary N) is 1. The van der Waals surface area contributed by atoms with E-state index in [1.54, 1.807) is 25.5 Å². The highest BCUT2D eigenvalue weighted by atomic mass is 16.5. The van der Waals surface area contributed by atoms with Crippen molar-refractivity contribution in [2.24, 2.45) is 5.10 Å². The number of nitrogens with zero attached hydrogens (tertiary/aromatic N) is 1. The van der Waals surface area contributed by atoms with Crippen LogP contribution in [0.3, 0.4) is 0 Å². The summed E-state index contributed by atoms with van der Waals surface area (Å²) in [5.74, 6) is 0.267. The van der Waals surface area contributed by atoms with Crippen molar-refractivity contribution >= 4 is 17.9 Å². The van der Waals surface area contributed by atoms with E-state index in [-0.39, 0.29) is 11.0 Å². The van der Waals surface area contributed by atoms with Crippen molar-refractivity contribution in [1.82, 2.24) is 0 Å². The number of hydrogen-bond donors (Lipinski definition) is 2. The number of carboxylic acids is 1. The first kappa shape index (κ1) is 22.9. The van der Waals surface area contributed by atoms with E-state index >= 15 is 0 Å². The Bertz CT molecular complexity index is 1100. The van der Waals surface area contributed by atoms with E-state index < -0.39 is 5.97 Å². The molecule has 0 unspecified atom stereocenters. The number of ether oxygens (including phenoxy) is 2. The van der Waals surface area contributed by atoms with Gasteiger partial charge in [-0.05, 0) is 58.5 Å². The van der Waals surface area contributed by atoms with E-state index in [0.29, 0.717) is 23.8 Å². The maximum absolute atomic E-state index is 11.1. The van der Waals surface area contributed by atoms with Gasteiger partial charge in [-0.3, -0.25) is 5.43 Å². The second-order valence-electron chi connectivity index (χ2n) is 8.40. The van der Waals surface area contributed by atoms with Gasteiger partial charge in [0.1, 0.15) is 6.61 Å². The van der Waals surface area contributed by atoms with E-state index in [0.717, 1.165) is 11.1 Å². The number of anilines is 1. The molecule has 0 amide bonds. The predicted octanol–water partition coefficient (Wildman–Crippen LogP) is 5.72. The maximum Gasteiger partial charge on any atom is 0.335 e. The van der Waals surface area contributed by atoms with Crippen molar-refractivity contribution < 1.29 is 19.4 Å². The summed E-state index contributed by atoms with van der Waals surface area (Å²) in [6.45, 7) is 7.01. The zero-order valence-electron chi connectivity index (χ0n) is 18.8. The number of benzene rings is 3. The lowest BCUT2D eigenvalue weighted by atomic mass is 9.87. The van der Waals surface area contributed by atoms with E-state index in [4.69, 9.17) is 14.6 Å². The predicted molar refractivity (Wildman–Crippen MR) is 127 cm³/mol. The molecular formula is C26H28N2O4. The number of carboxylic acid groups (broad SMARTS) is 1. The SMILES string of the molecule is COc1cc(/C=N/Nc2cccc(C(=O)O)c2)ccc1OCc1ccc(C(C)(C)C)cc1. The molecule has 0 bridgehead atoms. The molecule has 6 heteroatoms. The monoisotopic (exact) mass is 432 g/mol. The van der Waals surface area contributed by atoms with Gasteiger partial charge >= 0.3 is 5.97 Å². The highest BCUT2D eigenvalue weighted by Gasteiger charge is 2.13. The molecular weight excluding hydrogens is 404 g/mol. The number of methoxy groups -OCH3 is 1. The minimum atomic E-state index is -0.983. The first-order valence-corrected chi connectivity index (χ1v) is 10.3. The fraction of sp³-hybridized carbons (Fsp3) is 0.231. The second kappa shape index (κ2) is 10.0. The number of carbonyl (C=O) groups is 1. The Balaban J connectivity index is 1.63. The van der Waals surface area contributed by atoms with Gasteiger partial charge in [0.25, 0.3) is 0 Å². The van der Waals surface area contributed by atoms with Crippen LogP contribution in [0.4, 0.5) is 5.69 Å². The Hall–Kier alpha value is -3.80. The van der Waals surface area contributed by atoms with E-state index in [2.05, 4.69) is 55.6 Å². The van der Waals surface area contributed by atoms with Gasteiger partial charge in [-0.2, -0.15) is 5.10 Å². The molecule has 0 spiro atoms. The fourth-order valence-electron chi connectivity index (χ4n) is 3.05. The van der Waals surface area contributed by atoms with E-state index in [9.17, 15) is 4.79 Å². The second-order valence-corrected chi connectivity index (χ2v) is 8.40. The first-order valence-electron chi connectivity index (χ1n) is 10.3. The smallest absolute Gasteiger partial charge is 0.335 e. The number of rotatable bonds is 8. The largest absolute Gasteiger partial charge is 0.493 e. The summed E-state index contributed by atoms with van der Waals surface area (Å²) in [7, 11) is 1.59. The van der Waals surface area contributed by atoms with Crippen LogP contribution in [0.2, 0.25) is 0 Å². The molecule has 6 nitrogen and oxygen atoms in total. The molecule has 0 aromatic heterocycles. The molecule has 0 saturated heterocycles. The summed E-state index contributed by atoms with van der Waals surface area (Å²) < 4.78 is 11.4. The van der Waals surface area contributed by atoms with Gasteiger partial charge < -0.3 is 14.6 Å². The van der Waals surface area contributed by atoms with Gasteiger partial charge in [-0.25, -0.2) is 4.79 Å². The molecule has 0 aliphatic rings. The average molecular weight is 433 g/mol. The summed E-state index contributed by atoms with van der Waals surface area (Å²) in [6, 6.07) is 20.4. The fourth-order valence-corrected chi connectivity index (χ4v) is 3.05. The van der Waals surface area contributed by atoms with Crippen LogP contribution in [-0.4, -0.2) is 24.4 Å². The molecule has 0 fully saturated rings. The van der Waals surface area contributed by atoms with Crippen molar-refractivity contribution in [2.75, 3.05) is 12.5 Å². The molecule has 3 rings (SSSR count). The van der Waals surface area contributed by atoms with E-state index in [1.165, 1.54) is 17.7 Å². The molecule has 3 aromatic carbocycles. The van der Waals surface area contributed by atoms with Crippen LogP contribution in [0.5, 0.6) is 11.5 Å². The molecule has 0 aliphatic carbocycles. The lowest BCUT2D eigenvalue weighted by molar-refractivity contribution is 0.0697. The summed E-state index contributed by atoms with van der Waals surface area (Å²) in [5, 5.41) is 13.2. The Morgan fingerprint density at radius 2 is 1.78 bits per heavy atom. The van der Waals surface area contributed by atoms with Crippen LogP contribution in [0, 0.1) is 0 Å². The van der Waals surface area contributed by atoms with E-state index in [1.807, 2.05) is 18.2 Å². The van der Waals surface area contributed by atoms with Gasteiger partial charge in [-0.1, -0.05) is 51.1 Å². The third-order valence-electron chi connectivity index (χ3n) is 4.92. The Morgan fingerprint density at radius 3 is 2.44 bits per heavy atom. The number of aromatic carboxylic acids is 1. The number of hydrazone groups is 1. The van der Waals surface area contributed by atoms with Crippen molar-refractivity contribution in [3.8, 4) is 11.5 Å². The third kappa shape index (κ3) is 6.11. The first-order chi connectivity index (χ1) is 15.3. The zero-order chi connectivity index (χ0) is 23.1. The van der Waals surface area contributed by atoms with Crippen LogP contribution in [0.15, 0.2) is 71.8 Å². The normalized spacial score (nSPS) is 11.4. The minimum Gasteiger partial charge on any atom is -0.493 e. The summed E-state index contributed by atoms with van der Waals surface area (Å²) in [6.07, 6.45) is 1.63. The van der Waals surface area contributed by atoms with Crippen LogP contribution < -0.4 is 14.9 Å². The van der Waals surface area contributed by atoms with Gasteiger partial charge in [0.2, 0.25) is 0 Å². The Kier molecular flexibility index (Phi) is 7.15. The van der Waals surface area contributed by atoms with Crippen molar-refractivity contribution in [1.29, 1.82) is 0 Å². The molecule has 0 aliphatic heterocycles. The standard InChI is InChI=1S/C26H28N2O4/c1-26(2,3)21-11-8-18(9-12-21)17-32-23-13-10-19(14-24(23)31-4)16-27-28-22-7-5-6-20(15-22)25(29)30/h5-16,28H,17H2,1-4H3,(H,29,30)/b27-16+. The van der Waals surface area contributed by atoms with Crippen LogP contribution in [-0.2, 0) is 12.0 Å². The van der Waals surface area contributed by atoms with Crippen molar-refractivity contribution in [3.05, 3.63) is 89.0 Å². The van der Waals surface area contributed by atoms with Crippen molar-refractivity contribution in [2.45, 2.75) is 32.8 Å². The molecule has 0 atom stereocenters. The topological polar surface area (TPSA) is 80.2 Å². The third-order valence-corrected chi connectivity index (χ3v) is 4.92. The lowest BCUT2D eigenvalue weighted by Gasteiger charge is -2.19. The van der Waals surface area contributed by atoms with Crippen LogP contribution >= 0.6 is 0 Å². The molecule has 166 valence electrons. The molecule has 0 heterocycles. The zero-order valence-corrected chi connectivity index (χ0v) is 18.8. The maximum atomic E-state index is 11.1. The lowest BCUT2D eigenvalue weighted by Crippen LogP contribution is -2.10. The van der Waals surface area contributed by atoms with Gasteiger partial charge in [0, 0.05) is 0 Å². The molecule has 2 N–H and O–H groups in total. The minimum absolute atomic E-state index is 0.119. The molecule has 0 radical (unpaired) electrons. The molecule has 0 saturated carbocycles. The molecule has 32 heavy (non-hydrogen) atoms. The quantitative estimate of drug-likeness (QED) is 0.352. The molecule has 3 aromatic rings. The van der Waals surface area contributed by atoms with Crippen LogP contribution in [0.25, 0.3) is 0 Å².